The van der Waals surface area contributed by atoms with E-state index in [1.165, 1.54) is 13.2 Å². The van der Waals surface area contributed by atoms with Crippen molar-refractivity contribution in [2.75, 3.05) is 20.8 Å². The topological polar surface area (TPSA) is 68.5 Å². The summed E-state index contributed by atoms with van der Waals surface area (Å²) in [5.41, 5.74) is 0.526. The van der Waals surface area contributed by atoms with Crippen LogP contribution in [0.5, 0.6) is 11.5 Å². The lowest BCUT2D eigenvalue weighted by Crippen LogP contribution is -2.03. The molecule has 0 amide bonds. The summed E-state index contributed by atoms with van der Waals surface area (Å²) < 4.78 is 15.1. The third-order valence-corrected chi connectivity index (χ3v) is 2.35. The number of esters is 1. The number of hydrogen-bond acceptors (Lipinski definition) is 5. The first-order chi connectivity index (χ1) is 9.15. The van der Waals surface area contributed by atoms with E-state index < -0.39 is 5.97 Å². The molecule has 5 nitrogen and oxygen atoms in total. The average Bonchev–Trinajstić information content (AvgIpc) is 2.45. The Morgan fingerprint density at radius 1 is 1.42 bits per heavy atom. The van der Waals surface area contributed by atoms with Gasteiger partial charge < -0.3 is 14.2 Å². The van der Waals surface area contributed by atoms with Crippen molar-refractivity contribution in [3.63, 3.8) is 0 Å². The largest absolute Gasteiger partial charge is 0.497 e. The second-order valence-electron chi connectivity index (χ2n) is 3.50. The average molecular weight is 261 g/mol. The van der Waals surface area contributed by atoms with Crippen molar-refractivity contribution in [2.45, 2.75) is 6.92 Å². The Hall–Kier alpha value is -2.48. The fourth-order valence-electron chi connectivity index (χ4n) is 1.44. The summed E-state index contributed by atoms with van der Waals surface area (Å²) >= 11 is 0. The molecule has 0 aliphatic carbocycles. The molecule has 0 bridgehead atoms. The van der Waals surface area contributed by atoms with Gasteiger partial charge in [0.1, 0.15) is 23.1 Å². The highest BCUT2D eigenvalue weighted by Crippen LogP contribution is 2.27. The van der Waals surface area contributed by atoms with Gasteiger partial charge in [-0.15, -0.1) is 0 Å². The lowest BCUT2D eigenvalue weighted by atomic mass is 10.1. The van der Waals surface area contributed by atoms with Gasteiger partial charge in [0.05, 0.1) is 20.8 Å². The molecule has 0 aliphatic rings. The van der Waals surface area contributed by atoms with Crippen molar-refractivity contribution in [3.05, 3.63) is 29.3 Å². The smallest absolute Gasteiger partial charge is 0.348 e. The van der Waals surface area contributed by atoms with Gasteiger partial charge in [-0.2, -0.15) is 5.26 Å². The maximum absolute atomic E-state index is 11.4. The number of ether oxygens (including phenoxy) is 3. The Morgan fingerprint density at radius 3 is 2.68 bits per heavy atom. The number of nitrogens with zero attached hydrogens (tertiary/aromatic N) is 1. The summed E-state index contributed by atoms with van der Waals surface area (Å²) in [4.78, 5) is 11.4. The minimum Gasteiger partial charge on any atom is -0.497 e. The van der Waals surface area contributed by atoms with Crippen molar-refractivity contribution in [1.82, 2.24) is 0 Å². The predicted molar refractivity (Wildman–Crippen MR) is 69.8 cm³/mol. The third kappa shape index (κ3) is 3.75. The van der Waals surface area contributed by atoms with Gasteiger partial charge in [-0.1, -0.05) is 0 Å². The molecule has 0 aromatic heterocycles. The highest BCUT2D eigenvalue weighted by atomic mass is 16.5. The van der Waals surface area contributed by atoms with Crippen LogP contribution in [0.15, 0.2) is 23.8 Å². The van der Waals surface area contributed by atoms with Gasteiger partial charge in [-0.3, -0.25) is 0 Å². The predicted octanol–water partition coefficient (Wildman–Crippen LogP) is 2.17. The van der Waals surface area contributed by atoms with Crippen LogP contribution in [0, 0.1) is 11.3 Å². The first-order valence-electron chi connectivity index (χ1n) is 5.67. The number of methoxy groups -OCH3 is 2. The van der Waals surface area contributed by atoms with Crippen molar-refractivity contribution < 1.29 is 19.0 Å². The lowest BCUT2D eigenvalue weighted by Gasteiger charge is -2.09. The van der Waals surface area contributed by atoms with E-state index >= 15 is 0 Å². The summed E-state index contributed by atoms with van der Waals surface area (Å²) in [7, 11) is 2.78. The fourth-order valence-corrected chi connectivity index (χ4v) is 1.44. The fraction of sp³-hybridized carbons (Fsp3) is 0.286. The number of rotatable bonds is 5. The standard InChI is InChI=1S/C14H15NO4/c1-4-19-13-8-12(17-2)6-5-10(13)7-11(9-15)14(16)18-3/h5-8H,4H2,1-3H3. The number of nitriles is 1. The van der Waals surface area contributed by atoms with Crippen LogP contribution in [0.4, 0.5) is 0 Å². The SMILES string of the molecule is CCOc1cc(OC)ccc1C=C(C#N)C(=O)OC. The molecule has 1 aromatic rings. The van der Waals surface area contributed by atoms with Crippen LogP contribution in [0.25, 0.3) is 6.08 Å². The first kappa shape index (κ1) is 14.6. The van der Waals surface area contributed by atoms with Crippen molar-refractivity contribution in [1.29, 1.82) is 5.26 Å². The normalized spacial score (nSPS) is 10.5. The van der Waals surface area contributed by atoms with Crippen LogP contribution in [0.3, 0.4) is 0 Å². The van der Waals surface area contributed by atoms with E-state index in [4.69, 9.17) is 14.7 Å². The van der Waals surface area contributed by atoms with Crippen molar-refractivity contribution in [2.24, 2.45) is 0 Å². The molecule has 1 rings (SSSR count). The zero-order valence-corrected chi connectivity index (χ0v) is 11.1. The van der Waals surface area contributed by atoms with Crippen LogP contribution in [0.1, 0.15) is 12.5 Å². The van der Waals surface area contributed by atoms with Crippen LogP contribution < -0.4 is 9.47 Å². The molecule has 1 aromatic carbocycles. The van der Waals surface area contributed by atoms with E-state index in [0.717, 1.165) is 0 Å². The molecular formula is C14H15NO4. The molecule has 0 fully saturated rings. The van der Waals surface area contributed by atoms with Crippen molar-refractivity contribution >= 4 is 12.0 Å². The maximum atomic E-state index is 11.4. The molecule has 0 aliphatic heterocycles. The Labute approximate surface area is 112 Å². The minimum atomic E-state index is -0.680. The third-order valence-electron chi connectivity index (χ3n) is 2.35. The molecular weight excluding hydrogens is 246 g/mol. The summed E-state index contributed by atoms with van der Waals surface area (Å²) in [6.45, 7) is 2.31. The first-order valence-corrected chi connectivity index (χ1v) is 5.67. The molecule has 0 spiro atoms. The van der Waals surface area contributed by atoms with Crippen molar-refractivity contribution in [3.8, 4) is 17.6 Å². The Kier molecular flexibility index (Phi) is 5.42. The Morgan fingerprint density at radius 2 is 2.16 bits per heavy atom. The summed E-state index contributed by atoms with van der Waals surface area (Å²) in [5, 5.41) is 8.93. The Balaban J connectivity index is 3.22. The number of carbonyl (C=O) groups excluding carboxylic acids is 1. The van der Waals surface area contributed by atoms with Crippen LogP contribution >= 0.6 is 0 Å². The van der Waals surface area contributed by atoms with Crippen LogP contribution in [0.2, 0.25) is 0 Å². The van der Waals surface area contributed by atoms with Gasteiger partial charge in [0.25, 0.3) is 0 Å². The van der Waals surface area contributed by atoms with E-state index in [9.17, 15) is 4.79 Å². The molecule has 0 atom stereocenters. The zero-order chi connectivity index (χ0) is 14.3. The van der Waals surface area contributed by atoms with Crippen LogP contribution in [-0.4, -0.2) is 26.8 Å². The molecule has 0 heterocycles. The molecule has 0 radical (unpaired) electrons. The van der Waals surface area contributed by atoms with E-state index in [0.29, 0.717) is 23.7 Å². The highest BCUT2D eigenvalue weighted by Gasteiger charge is 2.11. The second kappa shape index (κ2) is 7.07. The number of hydrogen-bond donors (Lipinski definition) is 0. The molecule has 0 saturated heterocycles. The van der Waals surface area contributed by atoms with Gasteiger partial charge in [0.2, 0.25) is 0 Å². The number of benzene rings is 1. The lowest BCUT2D eigenvalue weighted by molar-refractivity contribution is -0.135. The molecule has 5 heteroatoms. The van der Waals surface area contributed by atoms with Gasteiger partial charge in [0, 0.05) is 11.6 Å². The molecule has 100 valence electrons. The van der Waals surface area contributed by atoms with Gasteiger partial charge >= 0.3 is 5.97 Å². The summed E-state index contributed by atoms with van der Waals surface area (Å²) in [6, 6.07) is 6.93. The van der Waals surface area contributed by atoms with E-state index in [-0.39, 0.29) is 5.57 Å². The highest BCUT2D eigenvalue weighted by molar-refractivity contribution is 5.98. The molecule has 0 N–H and O–H groups in total. The van der Waals surface area contributed by atoms with Gasteiger partial charge in [0.15, 0.2) is 0 Å². The Bertz CT molecular complexity index is 529. The quantitative estimate of drug-likeness (QED) is 0.461. The zero-order valence-electron chi connectivity index (χ0n) is 11.1. The van der Waals surface area contributed by atoms with E-state index in [1.807, 2.05) is 6.92 Å². The second-order valence-corrected chi connectivity index (χ2v) is 3.50. The molecule has 0 unspecified atom stereocenters. The molecule has 19 heavy (non-hydrogen) atoms. The van der Waals surface area contributed by atoms with E-state index in [1.54, 1.807) is 31.4 Å². The molecule has 0 saturated carbocycles. The summed E-state index contributed by atoms with van der Waals surface area (Å²) in [6.07, 6.45) is 1.43. The summed E-state index contributed by atoms with van der Waals surface area (Å²) in [5.74, 6) is 0.497. The van der Waals surface area contributed by atoms with E-state index in [2.05, 4.69) is 4.74 Å². The van der Waals surface area contributed by atoms with Gasteiger partial charge in [-0.25, -0.2) is 4.79 Å². The van der Waals surface area contributed by atoms with Gasteiger partial charge in [-0.05, 0) is 25.1 Å². The maximum Gasteiger partial charge on any atom is 0.348 e. The number of carbonyl (C=O) groups is 1. The van der Waals surface area contributed by atoms with Crippen LogP contribution in [-0.2, 0) is 9.53 Å². The monoisotopic (exact) mass is 261 g/mol. The minimum absolute atomic E-state index is 0.0892.